The van der Waals surface area contributed by atoms with Crippen LogP contribution in [0.1, 0.15) is 98.8 Å². The van der Waals surface area contributed by atoms with Crippen LogP contribution in [0.25, 0.3) is 4.91 Å². The van der Waals surface area contributed by atoms with Gasteiger partial charge in [0.15, 0.2) is 40.5 Å². The van der Waals surface area contributed by atoms with E-state index in [4.69, 9.17) is 0 Å². The van der Waals surface area contributed by atoms with Crippen molar-refractivity contribution < 1.29 is 43.2 Å². The Morgan fingerprint density at radius 1 is 0.184 bits per heavy atom. The molecule has 418 valence electrons. The molecule has 0 atom stereocenters. The van der Waals surface area contributed by atoms with E-state index in [9.17, 15) is 0 Å². The molecule has 1 heterocycles. The van der Waals surface area contributed by atoms with Crippen molar-refractivity contribution in [3.63, 3.8) is 0 Å². The number of rotatable bonds is 17. The number of benzene rings is 10. The van der Waals surface area contributed by atoms with Gasteiger partial charge in [0.1, 0.15) is 0 Å². The average molecular weight is 1150 g/mol. The smallest absolute Gasteiger partial charge is 0.217 e. The summed E-state index contributed by atoms with van der Waals surface area (Å²) in [6.45, 7) is 0. The molecule has 0 unspecified atom stereocenters. The van der Waals surface area contributed by atoms with Crippen molar-refractivity contribution in [2.45, 2.75) is 0 Å². The first-order chi connectivity index (χ1) is 42.5. The number of Topliss-reactive ketones (excluding diaryl/α,β-unsaturated/α-hetero) is 7. The summed E-state index contributed by atoms with van der Waals surface area (Å²) >= 11 is 0. The second-order valence-electron chi connectivity index (χ2n) is 20.1. The third kappa shape index (κ3) is 11.0. The topological polar surface area (TPSA) is 154 Å². The van der Waals surface area contributed by atoms with Crippen molar-refractivity contribution in [3.05, 3.63) is 397 Å². The van der Waals surface area contributed by atoms with Gasteiger partial charge in [0.25, 0.3) is 0 Å². The summed E-state index contributed by atoms with van der Waals surface area (Å²) in [5, 5.41) is -2.22. The number of carbonyl (C=O) groups excluding carboxylic acids is 9. The van der Waals surface area contributed by atoms with Crippen LogP contribution in [-0.2, 0) is 0 Å². The van der Waals surface area contributed by atoms with E-state index >= 15 is 43.2 Å². The van der Waals surface area contributed by atoms with Crippen LogP contribution >= 0.6 is 10.0 Å². The predicted octanol–water partition coefficient (Wildman–Crippen LogP) is 15.9. The van der Waals surface area contributed by atoms with Gasteiger partial charge in [0, 0.05) is 82.8 Å². The van der Waals surface area contributed by atoms with Crippen LogP contribution in [0.4, 0.5) is 0 Å². The molecule has 1 aliphatic heterocycles. The van der Waals surface area contributed by atoms with Crippen LogP contribution in [-0.4, -0.2) is 50.7 Å². The van der Waals surface area contributed by atoms with Crippen molar-refractivity contribution in [1.29, 1.82) is 0 Å². The standard InChI is InChI=1S/C77H50O9S/c78-67(51-31-11-1-12-32-51)61-62(68(79)52-33-13-2-14-34-52)64(70(81)54-37-17-4-18-38-54)66(72(83)56-41-21-6-22-42-56)75(73(84)57-43-23-7-24-44-57)87(76(85)59-47-27-9-28-48-59,77(86)60-49-29-10-30-50-60)74(58-45-25-8-26-46-58)65(71(82)55-39-19-5-20-40-55)63(61)69(80)53-35-15-3-16-36-53/h1-50H. The summed E-state index contributed by atoms with van der Waals surface area (Å²) in [6, 6.07) is 76.1. The Morgan fingerprint density at radius 3 is 0.632 bits per heavy atom. The molecule has 11 rings (SSSR count). The zero-order valence-electron chi connectivity index (χ0n) is 46.4. The van der Waals surface area contributed by atoms with E-state index in [0.717, 1.165) is 0 Å². The fourth-order valence-corrected chi connectivity index (χ4v) is 14.7. The van der Waals surface area contributed by atoms with E-state index < -0.39 is 104 Å². The molecule has 0 aliphatic carbocycles. The second kappa shape index (κ2) is 25.6. The number of allylic oxidation sites excluding steroid dienone is 7. The van der Waals surface area contributed by atoms with Gasteiger partial charge in [-0.15, -0.1) is 0 Å². The molecule has 0 bridgehead atoms. The quantitative estimate of drug-likeness (QED) is 0.0811. The van der Waals surface area contributed by atoms with Gasteiger partial charge in [-0.1, -0.05) is 313 Å². The van der Waals surface area contributed by atoms with Crippen LogP contribution < -0.4 is 0 Å². The lowest BCUT2D eigenvalue weighted by Gasteiger charge is -2.42. The summed E-state index contributed by atoms with van der Waals surface area (Å²) in [7, 11) is -5.16. The van der Waals surface area contributed by atoms with E-state index in [1.807, 2.05) is 0 Å². The zero-order valence-corrected chi connectivity index (χ0v) is 47.3. The fourth-order valence-electron chi connectivity index (χ4n) is 10.7. The molecule has 10 heteroatoms. The lowest BCUT2D eigenvalue weighted by molar-refractivity contribution is 0.0967. The van der Waals surface area contributed by atoms with E-state index in [1.54, 1.807) is 158 Å². The molecular weight excluding hydrogens is 1100 g/mol. The Labute approximate surface area is 503 Å². The molecular formula is C77H50O9S. The molecule has 0 spiro atoms. The highest BCUT2D eigenvalue weighted by Crippen LogP contribution is 2.73. The molecule has 9 nitrogen and oxygen atoms in total. The molecule has 0 radical (unpaired) electrons. The van der Waals surface area contributed by atoms with E-state index in [-0.39, 0.29) is 55.6 Å². The van der Waals surface area contributed by atoms with Crippen LogP contribution in [0.2, 0.25) is 0 Å². The van der Waals surface area contributed by atoms with Gasteiger partial charge in [-0.2, -0.15) is 0 Å². The number of carbonyl (C=O) groups is 9. The normalized spacial score (nSPS) is 13.5. The van der Waals surface area contributed by atoms with Crippen molar-refractivity contribution >= 4 is 65.6 Å². The third-order valence-corrected chi connectivity index (χ3v) is 18.4. The van der Waals surface area contributed by atoms with E-state index in [1.165, 1.54) is 146 Å². The summed E-state index contributed by atoms with van der Waals surface area (Å²) in [5.41, 5.74) is -6.75. The van der Waals surface area contributed by atoms with Gasteiger partial charge in [-0.25, -0.2) is 0 Å². The predicted molar refractivity (Wildman–Crippen MR) is 339 cm³/mol. The minimum absolute atomic E-state index is 0.0798. The summed E-state index contributed by atoms with van der Waals surface area (Å²) in [6.07, 6.45) is 0. The Balaban J connectivity index is 1.61. The minimum atomic E-state index is -5.16. The number of ketones is 7. The van der Waals surface area contributed by atoms with Crippen molar-refractivity contribution in [1.82, 2.24) is 0 Å². The van der Waals surface area contributed by atoms with Gasteiger partial charge < -0.3 is 0 Å². The summed E-state index contributed by atoms with van der Waals surface area (Å²) < 4.78 is 0. The van der Waals surface area contributed by atoms with E-state index in [2.05, 4.69) is 0 Å². The van der Waals surface area contributed by atoms with Crippen LogP contribution in [0, 0.1) is 0 Å². The largest absolute Gasteiger partial charge is 0.289 e. The Bertz CT molecular complexity index is 4420. The summed E-state index contributed by atoms with van der Waals surface area (Å²) in [4.78, 5) is 155. The Kier molecular flexibility index (Phi) is 16.9. The Hall–Kier alpha value is -11.5. The lowest BCUT2D eigenvalue weighted by Crippen LogP contribution is -2.33. The highest BCUT2D eigenvalue weighted by atomic mass is 32.3. The number of hydrogen-bond donors (Lipinski definition) is 0. The highest BCUT2D eigenvalue weighted by Gasteiger charge is 2.57. The fraction of sp³-hybridized carbons (Fsp3) is 0. The molecule has 10 aromatic rings. The SMILES string of the molecule is O=C(C1=C(C(=O)c2ccccc2)C(C(=O)c2ccccc2)=C(C(=O)c2ccccc2)S(C(=O)c2ccccc2)(C(=O)c2ccccc2)C(c2ccccc2)=C(C(=O)c2ccccc2)C(C(=O)c2ccccc2)=C1C(=O)c1ccccc1)c1ccccc1. The monoisotopic (exact) mass is 1150 g/mol. The van der Waals surface area contributed by atoms with E-state index in [0.29, 0.717) is 0 Å². The first-order valence-corrected chi connectivity index (χ1v) is 29.4. The van der Waals surface area contributed by atoms with Crippen molar-refractivity contribution in [2.75, 3.05) is 0 Å². The van der Waals surface area contributed by atoms with Crippen molar-refractivity contribution in [3.8, 4) is 0 Å². The van der Waals surface area contributed by atoms with Gasteiger partial charge >= 0.3 is 0 Å². The van der Waals surface area contributed by atoms with Gasteiger partial charge in [0.05, 0.1) is 10.5 Å². The second-order valence-corrected chi connectivity index (χ2v) is 22.8. The molecule has 0 saturated heterocycles. The van der Waals surface area contributed by atoms with Crippen LogP contribution in [0.5, 0.6) is 0 Å². The first-order valence-electron chi connectivity index (χ1n) is 27.8. The molecule has 0 saturated carbocycles. The molecule has 10 aromatic carbocycles. The maximum Gasteiger partial charge on any atom is 0.217 e. The summed E-state index contributed by atoms with van der Waals surface area (Å²) in [5.74, 6) is -7.74. The third-order valence-electron chi connectivity index (χ3n) is 14.7. The lowest BCUT2D eigenvalue weighted by atomic mass is 9.75. The highest BCUT2D eigenvalue weighted by molar-refractivity contribution is 8.65. The maximum atomic E-state index is 17.9. The van der Waals surface area contributed by atoms with Gasteiger partial charge in [-0.3, -0.25) is 43.2 Å². The van der Waals surface area contributed by atoms with Gasteiger partial charge in [0.2, 0.25) is 10.2 Å². The zero-order chi connectivity index (χ0) is 60.4. The molecule has 0 N–H and O–H groups in total. The minimum Gasteiger partial charge on any atom is -0.289 e. The molecule has 0 amide bonds. The molecule has 1 aliphatic rings. The maximum absolute atomic E-state index is 17.9. The van der Waals surface area contributed by atoms with Crippen LogP contribution in [0.15, 0.2) is 342 Å². The first kappa shape index (κ1) is 57.4. The molecule has 87 heavy (non-hydrogen) atoms. The molecule has 0 aromatic heterocycles. The number of hydrogen-bond acceptors (Lipinski definition) is 9. The van der Waals surface area contributed by atoms with Crippen LogP contribution in [0.3, 0.4) is 0 Å². The average Bonchev–Trinajstić information content (AvgIpc) is 1.70. The van der Waals surface area contributed by atoms with Crippen molar-refractivity contribution in [2.24, 2.45) is 0 Å². The van der Waals surface area contributed by atoms with Gasteiger partial charge in [-0.05, 0) is 5.56 Å². The molecule has 0 fully saturated rings. The Morgan fingerprint density at radius 2 is 0.368 bits per heavy atom.